The predicted molar refractivity (Wildman–Crippen MR) is 113 cm³/mol. The van der Waals surface area contributed by atoms with Gasteiger partial charge in [-0.1, -0.05) is 47.5 Å². The lowest BCUT2D eigenvalue weighted by Gasteiger charge is -2.15. The van der Waals surface area contributed by atoms with Gasteiger partial charge in [-0.05, 0) is 47.5 Å². The molecule has 1 unspecified atom stereocenters. The van der Waals surface area contributed by atoms with E-state index < -0.39 is 6.10 Å². The van der Waals surface area contributed by atoms with Crippen molar-refractivity contribution in [2.75, 3.05) is 0 Å². The number of rotatable bonds is 3. The molecule has 0 fully saturated rings. The SMILES string of the molecule is Cn1c(=O)cc(-c2cccc(Cl)n2)c2cc(C(O)c3ccc(Cl)cc3)ccc21. The molecule has 0 saturated carbocycles. The van der Waals surface area contributed by atoms with Crippen molar-refractivity contribution in [3.05, 3.63) is 98.4 Å². The molecule has 0 aliphatic carbocycles. The Kier molecular flexibility index (Phi) is 4.94. The molecule has 6 heteroatoms. The highest BCUT2D eigenvalue weighted by atomic mass is 35.5. The van der Waals surface area contributed by atoms with Crippen LogP contribution in [0.3, 0.4) is 0 Å². The first-order chi connectivity index (χ1) is 13.4. The van der Waals surface area contributed by atoms with Crippen LogP contribution in [0.25, 0.3) is 22.2 Å². The van der Waals surface area contributed by atoms with Crippen LogP contribution in [0.4, 0.5) is 0 Å². The van der Waals surface area contributed by atoms with Crippen LogP contribution in [0.2, 0.25) is 10.2 Å². The predicted octanol–water partition coefficient (Wildman–Crippen LogP) is 4.99. The van der Waals surface area contributed by atoms with Gasteiger partial charge in [0.2, 0.25) is 0 Å². The average Bonchev–Trinajstić information content (AvgIpc) is 2.70. The number of aliphatic hydroxyl groups is 1. The second-order valence-electron chi connectivity index (χ2n) is 6.53. The maximum Gasteiger partial charge on any atom is 0.251 e. The van der Waals surface area contributed by atoms with Crippen LogP contribution in [-0.2, 0) is 7.05 Å². The van der Waals surface area contributed by atoms with Crippen molar-refractivity contribution in [3.63, 3.8) is 0 Å². The fraction of sp³-hybridized carbons (Fsp3) is 0.0909. The van der Waals surface area contributed by atoms with Gasteiger partial charge >= 0.3 is 0 Å². The monoisotopic (exact) mass is 410 g/mol. The highest BCUT2D eigenvalue weighted by Crippen LogP contribution is 2.31. The molecule has 0 aliphatic rings. The third kappa shape index (κ3) is 3.42. The summed E-state index contributed by atoms with van der Waals surface area (Å²) in [6.07, 6.45) is -0.820. The summed E-state index contributed by atoms with van der Waals surface area (Å²) < 4.78 is 1.57. The number of benzene rings is 2. The summed E-state index contributed by atoms with van der Waals surface area (Å²) in [6, 6.07) is 19.4. The normalized spacial score (nSPS) is 12.3. The van der Waals surface area contributed by atoms with Crippen LogP contribution in [0, 0.1) is 0 Å². The van der Waals surface area contributed by atoms with E-state index in [0.717, 1.165) is 16.5 Å². The zero-order valence-electron chi connectivity index (χ0n) is 14.9. The summed E-state index contributed by atoms with van der Waals surface area (Å²) in [5, 5.41) is 12.6. The Morgan fingerprint density at radius 1 is 0.964 bits per heavy atom. The van der Waals surface area contributed by atoms with Crippen molar-refractivity contribution >= 4 is 34.1 Å². The summed E-state index contributed by atoms with van der Waals surface area (Å²) >= 11 is 12.0. The molecular formula is C22H16Cl2N2O2. The van der Waals surface area contributed by atoms with E-state index in [1.54, 1.807) is 54.1 Å². The maximum absolute atomic E-state index is 12.4. The van der Waals surface area contributed by atoms with Crippen molar-refractivity contribution in [2.45, 2.75) is 6.10 Å². The smallest absolute Gasteiger partial charge is 0.251 e. The van der Waals surface area contributed by atoms with Crippen molar-refractivity contribution in [3.8, 4) is 11.3 Å². The van der Waals surface area contributed by atoms with Crippen LogP contribution in [0.15, 0.2) is 71.5 Å². The Bertz CT molecular complexity index is 1230. The molecule has 2 aromatic carbocycles. The minimum Gasteiger partial charge on any atom is -0.384 e. The maximum atomic E-state index is 12.4. The van der Waals surface area contributed by atoms with Gasteiger partial charge in [-0.25, -0.2) is 4.98 Å². The molecule has 0 saturated heterocycles. The summed E-state index contributed by atoms with van der Waals surface area (Å²) in [6.45, 7) is 0. The third-order valence-electron chi connectivity index (χ3n) is 4.76. The van der Waals surface area contributed by atoms with Gasteiger partial charge in [0.25, 0.3) is 5.56 Å². The number of pyridine rings is 2. The van der Waals surface area contributed by atoms with E-state index in [0.29, 0.717) is 27.0 Å². The Labute approximate surface area is 171 Å². The zero-order chi connectivity index (χ0) is 19.8. The Hall–Kier alpha value is -2.66. The van der Waals surface area contributed by atoms with E-state index in [4.69, 9.17) is 23.2 Å². The minimum absolute atomic E-state index is 0.143. The number of hydrogen-bond acceptors (Lipinski definition) is 3. The van der Waals surface area contributed by atoms with Crippen LogP contribution in [-0.4, -0.2) is 14.7 Å². The Balaban J connectivity index is 1.92. The summed E-state index contributed by atoms with van der Waals surface area (Å²) in [5.74, 6) is 0. The van der Waals surface area contributed by atoms with Crippen molar-refractivity contribution < 1.29 is 5.11 Å². The molecule has 2 heterocycles. The largest absolute Gasteiger partial charge is 0.384 e. The number of halogens is 2. The van der Waals surface area contributed by atoms with Crippen molar-refractivity contribution in [1.29, 1.82) is 0 Å². The van der Waals surface area contributed by atoms with E-state index in [2.05, 4.69) is 4.98 Å². The van der Waals surface area contributed by atoms with E-state index >= 15 is 0 Å². The number of fused-ring (bicyclic) bond motifs is 1. The van der Waals surface area contributed by atoms with Gasteiger partial charge in [0.15, 0.2) is 0 Å². The van der Waals surface area contributed by atoms with Gasteiger partial charge in [-0.2, -0.15) is 0 Å². The highest BCUT2D eigenvalue weighted by Gasteiger charge is 2.15. The molecule has 2 aromatic heterocycles. The average molecular weight is 411 g/mol. The molecule has 140 valence electrons. The highest BCUT2D eigenvalue weighted by molar-refractivity contribution is 6.30. The minimum atomic E-state index is -0.820. The molecule has 0 radical (unpaired) electrons. The molecule has 0 spiro atoms. The number of aromatic nitrogens is 2. The fourth-order valence-corrected chi connectivity index (χ4v) is 3.55. The molecule has 0 bridgehead atoms. The molecule has 0 amide bonds. The van der Waals surface area contributed by atoms with Crippen molar-refractivity contribution in [2.24, 2.45) is 7.05 Å². The molecule has 1 atom stereocenters. The second-order valence-corrected chi connectivity index (χ2v) is 7.36. The van der Waals surface area contributed by atoms with Gasteiger partial charge in [-0.15, -0.1) is 0 Å². The third-order valence-corrected chi connectivity index (χ3v) is 5.23. The van der Waals surface area contributed by atoms with Gasteiger partial charge in [0, 0.05) is 29.1 Å². The van der Waals surface area contributed by atoms with Crippen LogP contribution in [0.5, 0.6) is 0 Å². The quantitative estimate of drug-likeness (QED) is 0.484. The number of nitrogens with zero attached hydrogens (tertiary/aromatic N) is 2. The molecule has 4 aromatic rings. The first kappa shape index (κ1) is 18.7. The lowest BCUT2D eigenvalue weighted by molar-refractivity contribution is 0.220. The van der Waals surface area contributed by atoms with E-state index in [-0.39, 0.29) is 5.56 Å². The van der Waals surface area contributed by atoms with Gasteiger partial charge in [-0.3, -0.25) is 4.79 Å². The first-order valence-corrected chi connectivity index (χ1v) is 9.40. The van der Waals surface area contributed by atoms with E-state index in [9.17, 15) is 9.90 Å². The lowest BCUT2D eigenvalue weighted by Crippen LogP contribution is -2.16. The standard InChI is InChI=1S/C22H16Cl2N2O2/c1-26-19-10-7-14(22(28)13-5-8-15(23)9-6-13)11-17(19)16(12-21(26)27)18-3-2-4-20(24)25-18/h2-12,22,28H,1H3. The zero-order valence-corrected chi connectivity index (χ0v) is 16.4. The number of aliphatic hydroxyl groups excluding tert-OH is 1. The topological polar surface area (TPSA) is 55.1 Å². The lowest BCUT2D eigenvalue weighted by atomic mass is 9.97. The molecule has 1 N–H and O–H groups in total. The number of hydrogen-bond donors (Lipinski definition) is 1. The van der Waals surface area contributed by atoms with Gasteiger partial charge in [0.05, 0.1) is 11.2 Å². The van der Waals surface area contributed by atoms with Crippen molar-refractivity contribution in [1.82, 2.24) is 9.55 Å². The summed E-state index contributed by atoms with van der Waals surface area (Å²) in [7, 11) is 1.72. The van der Waals surface area contributed by atoms with Crippen LogP contribution >= 0.6 is 23.2 Å². The van der Waals surface area contributed by atoms with E-state index in [1.807, 2.05) is 24.3 Å². The van der Waals surface area contributed by atoms with Crippen LogP contribution in [0.1, 0.15) is 17.2 Å². The molecule has 4 nitrogen and oxygen atoms in total. The Morgan fingerprint density at radius 3 is 2.39 bits per heavy atom. The van der Waals surface area contributed by atoms with E-state index in [1.165, 1.54) is 0 Å². The summed E-state index contributed by atoms with van der Waals surface area (Å²) in [4.78, 5) is 16.8. The van der Waals surface area contributed by atoms with Gasteiger partial charge in [0.1, 0.15) is 11.3 Å². The van der Waals surface area contributed by atoms with Gasteiger partial charge < -0.3 is 9.67 Å². The molecular weight excluding hydrogens is 395 g/mol. The number of aryl methyl sites for hydroxylation is 1. The molecule has 4 rings (SSSR count). The molecule has 28 heavy (non-hydrogen) atoms. The summed E-state index contributed by atoms with van der Waals surface area (Å²) in [5.41, 5.74) is 3.32. The fourth-order valence-electron chi connectivity index (χ4n) is 3.26. The first-order valence-electron chi connectivity index (χ1n) is 8.64. The molecule has 0 aliphatic heterocycles. The second kappa shape index (κ2) is 7.40. The van der Waals surface area contributed by atoms with Crippen LogP contribution < -0.4 is 5.56 Å². The Morgan fingerprint density at radius 2 is 1.68 bits per heavy atom.